The normalized spacial score (nSPS) is 10.6. The molecular formula is C9H9N3O2. The van der Waals surface area contributed by atoms with Crippen molar-refractivity contribution in [3.05, 3.63) is 34.9 Å². The van der Waals surface area contributed by atoms with E-state index in [0.717, 1.165) is 0 Å². The molecule has 0 aliphatic rings. The zero-order chi connectivity index (χ0) is 10.1. The maximum Gasteiger partial charge on any atom is 0.262 e. The minimum atomic E-state index is -0.197. The van der Waals surface area contributed by atoms with E-state index >= 15 is 0 Å². The monoisotopic (exact) mass is 191 g/mol. The molecule has 0 aliphatic carbocycles. The van der Waals surface area contributed by atoms with Gasteiger partial charge in [-0.3, -0.25) is 9.36 Å². The predicted molar refractivity (Wildman–Crippen MR) is 51.9 cm³/mol. The molecule has 1 aromatic carbocycles. The Morgan fingerprint density at radius 3 is 3.00 bits per heavy atom. The maximum absolute atomic E-state index is 11.6. The van der Waals surface area contributed by atoms with Crippen LogP contribution in [-0.2, 0) is 6.67 Å². The van der Waals surface area contributed by atoms with Crippen LogP contribution in [0.4, 0.5) is 0 Å². The molecule has 1 heterocycles. The van der Waals surface area contributed by atoms with Crippen molar-refractivity contribution in [1.29, 1.82) is 0 Å². The summed E-state index contributed by atoms with van der Waals surface area (Å²) < 4.78 is 1.30. The van der Waals surface area contributed by atoms with Crippen LogP contribution in [0.3, 0.4) is 0 Å². The van der Waals surface area contributed by atoms with Gasteiger partial charge in [0, 0.05) is 6.07 Å². The summed E-state index contributed by atoms with van der Waals surface area (Å²) in [6.45, 7) is 0.0999. The summed E-state index contributed by atoms with van der Waals surface area (Å²) in [5.41, 5.74) is 5.62. The van der Waals surface area contributed by atoms with Crippen LogP contribution in [0.2, 0.25) is 0 Å². The Morgan fingerprint density at radius 2 is 2.29 bits per heavy atom. The van der Waals surface area contributed by atoms with E-state index in [1.807, 2.05) is 0 Å². The molecule has 2 aromatic rings. The van der Waals surface area contributed by atoms with Crippen molar-refractivity contribution in [3.8, 4) is 5.75 Å². The quantitative estimate of drug-likeness (QED) is 0.665. The number of aromatic hydroxyl groups is 1. The Hall–Kier alpha value is -1.88. The van der Waals surface area contributed by atoms with Crippen LogP contribution in [0, 0.1) is 0 Å². The maximum atomic E-state index is 11.6. The summed E-state index contributed by atoms with van der Waals surface area (Å²) >= 11 is 0. The summed E-state index contributed by atoms with van der Waals surface area (Å²) in [6, 6.07) is 4.43. The molecule has 14 heavy (non-hydrogen) atoms. The molecular weight excluding hydrogens is 182 g/mol. The van der Waals surface area contributed by atoms with E-state index in [4.69, 9.17) is 5.73 Å². The Kier molecular flexibility index (Phi) is 1.94. The van der Waals surface area contributed by atoms with Gasteiger partial charge in [0.2, 0.25) is 0 Å². The number of rotatable bonds is 1. The summed E-state index contributed by atoms with van der Waals surface area (Å²) in [7, 11) is 0. The van der Waals surface area contributed by atoms with Crippen LogP contribution in [0.5, 0.6) is 5.75 Å². The highest BCUT2D eigenvalue weighted by Crippen LogP contribution is 2.14. The van der Waals surface area contributed by atoms with Gasteiger partial charge in [-0.05, 0) is 12.1 Å². The number of nitrogens with two attached hydrogens (primary N) is 1. The lowest BCUT2D eigenvalue weighted by molar-refractivity contribution is 0.476. The Bertz CT molecular complexity index is 533. The van der Waals surface area contributed by atoms with E-state index in [2.05, 4.69) is 4.98 Å². The fourth-order valence-electron chi connectivity index (χ4n) is 1.28. The smallest absolute Gasteiger partial charge is 0.262 e. The van der Waals surface area contributed by atoms with Crippen LogP contribution < -0.4 is 11.3 Å². The van der Waals surface area contributed by atoms with Gasteiger partial charge in [0.25, 0.3) is 5.56 Å². The van der Waals surface area contributed by atoms with E-state index in [1.54, 1.807) is 0 Å². The third-order valence-corrected chi connectivity index (χ3v) is 2.01. The summed E-state index contributed by atoms with van der Waals surface area (Å²) in [6.07, 6.45) is 1.37. The highest BCUT2D eigenvalue weighted by molar-refractivity contribution is 5.78. The van der Waals surface area contributed by atoms with Gasteiger partial charge in [0.1, 0.15) is 5.75 Å². The third-order valence-electron chi connectivity index (χ3n) is 2.01. The van der Waals surface area contributed by atoms with Crippen LogP contribution in [0.15, 0.2) is 29.3 Å². The lowest BCUT2D eigenvalue weighted by Gasteiger charge is -2.02. The molecule has 5 nitrogen and oxygen atoms in total. The average molecular weight is 191 g/mol. The van der Waals surface area contributed by atoms with Crippen molar-refractivity contribution < 1.29 is 5.11 Å². The van der Waals surface area contributed by atoms with Crippen LogP contribution >= 0.6 is 0 Å². The first-order valence-corrected chi connectivity index (χ1v) is 4.10. The van der Waals surface area contributed by atoms with Gasteiger partial charge in [0.15, 0.2) is 0 Å². The minimum Gasteiger partial charge on any atom is -0.508 e. The molecule has 0 saturated carbocycles. The van der Waals surface area contributed by atoms with Gasteiger partial charge in [-0.1, -0.05) is 0 Å². The van der Waals surface area contributed by atoms with Crippen LogP contribution in [-0.4, -0.2) is 14.7 Å². The summed E-state index contributed by atoms with van der Waals surface area (Å²) in [5.74, 6) is 0.0925. The second-order valence-electron chi connectivity index (χ2n) is 2.90. The highest BCUT2D eigenvalue weighted by Gasteiger charge is 2.02. The van der Waals surface area contributed by atoms with E-state index in [1.165, 1.54) is 29.1 Å². The predicted octanol–water partition coefficient (Wildman–Crippen LogP) is 0.0183. The first-order chi connectivity index (χ1) is 6.72. The topological polar surface area (TPSA) is 81.1 Å². The fourth-order valence-corrected chi connectivity index (χ4v) is 1.28. The SMILES string of the molecule is NCn1cnc2cc(O)ccc2c1=O. The standard InChI is InChI=1S/C9H9N3O2/c10-4-12-5-11-8-3-6(13)1-2-7(8)9(12)14/h1-3,5,13H,4,10H2. The molecule has 0 bridgehead atoms. The molecule has 2 rings (SSSR count). The summed E-state index contributed by atoms with van der Waals surface area (Å²) in [5, 5.41) is 9.63. The number of fused-ring (bicyclic) bond motifs is 1. The molecule has 0 fully saturated rings. The van der Waals surface area contributed by atoms with E-state index in [-0.39, 0.29) is 18.0 Å². The zero-order valence-electron chi connectivity index (χ0n) is 7.34. The molecule has 0 saturated heterocycles. The number of nitrogens with zero attached hydrogens (tertiary/aromatic N) is 2. The largest absolute Gasteiger partial charge is 0.508 e. The molecule has 0 radical (unpaired) electrons. The van der Waals surface area contributed by atoms with Crippen molar-refractivity contribution in [2.45, 2.75) is 6.67 Å². The second-order valence-corrected chi connectivity index (χ2v) is 2.90. The molecule has 0 aliphatic heterocycles. The van der Waals surface area contributed by atoms with Crippen molar-refractivity contribution in [2.75, 3.05) is 0 Å². The summed E-state index contributed by atoms with van der Waals surface area (Å²) in [4.78, 5) is 15.6. The Labute approximate surface area is 79.4 Å². The van der Waals surface area contributed by atoms with Crippen molar-refractivity contribution >= 4 is 10.9 Å². The number of benzene rings is 1. The Balaban J connectivity index is 2.84. The molecule has 0 amide bonds. The average Bonchev–Trinajstić information content (AvgIpc) is 2.18. The highest BCUT2D eigenvalue weighted by atomic mass is 16.3. The van der Waals surface area contributed by atoms with Gasteiger partial charge in [-0.25, -0.2) is 4.98 Å². The van der Waals surface area contributed by atoms with E-state index < -0.39 is 0 Å². The number of aromatic nitrogens is 2. The molecule has 3 N–H and O–H groups in total. The number of hydrogen-bond donors (Lipinski definition) is 2. The molecule has 5 heteroatoms. The molecule has 72 valence electrons. The number of phenolic OH excluding ortho intramolecular Hbond substituents is 1. The number of phenols is 1. The molecule has 1 aromatic heterocycles. The zero-order valence-corrected chi connectivity index (χ0v) is 7.34. The first kappa shape index (κ1) is 8.71. The van der Waals surface area contributed by atoms with Gasteiger partial charge >= 0.3 is 0 Å². The lowest BCUT2D eigenvalue weighted by atomic mass is 10.2. The number of hydrogen-bond acceptors (Lipinski definition) is 4. The Morgan fingerprint density at radius 1 is 1.50 bits per heavy atom. The fraction of sp³-hybridized carbons (Fsp3) is 0.111. The lowest BCUT2D eigenvalue weighted by Crippen LogP contribution is -2.24. The third kappa shape index (κ3) is 1.23. The van der Waals surface area contributed by atoms with E-state index in [0.29, 0.717) is 10.9 Å². The van der Waals surface area contributed by atoms with Crippen molar-refractivity contribution in [2.24, 2.45) is 5.73 Å². The van der Waals surface area contributed by atoms with Gasteiger partial charge in [-0.15, -0.1) is 0 Å². The van der Waals surface area contributed by atoms with Crippen molar-refractivity contribution in [3.63, 3.8) is 0 Å². The molecule has 0 atom stereocenters. The van der Waals surface area contributed by atoms with Crippen molar-refractivity contribution in [1.82, 2.24) is 9.55 Å². The van der Waals surface area contributed by atoms with Crippen LogP contribution in [0.25, 0.3) is 10.9 Å². The molecule has 0 unspecified atom stereocenters. The van der Waals surface area contributed by atoms with Crippen LogP contribution in [0.1, 0.15) is 0 Å². The minimum absolute atomic E-state index is 0.0925. The second kappa shape index (κ2) is 3.12. The first-order valence-electron chi connectivity index (χ1n) is 4.10. The van der Waals surface area contributed by atoms with Gasteiger partial charge in [-0.2, -0.15) is 0 Å². The van der Waals surface area contributed by atoms with E-state index in [9.17, 15) is 9.90 Å². The van der Waals surface area contributed by atoms with Gasteiger partial charge in [0.05, 0.1) is 23.9 Å². The van der Waals surface area contributed by atoms with Gasteiger partial charge < -0.3 is 10.8 Å². The molecule has 0 spiro atoms.